The molecule has 1 heterocycles. The molecule has 0 unspecified atom stereocenters. The van der Waals surface area contributed by atoms with Gasteiger partial charge in [0.15, 0.2) is 0 Å². The van der Waals surface area contributed by atoms with E-state index in [4.69, 9.17) is 23.2 Å². The van der Waals surface area contributed by atoms with Gasteiger partial charge >= 0.3 is 0 Å². The molecule has 3 aromatic rings. The number of benzene rings is 2. The molecule has 7 heteroatoms. The minimum Gasteiger partial charge on any atom is -0.348 e. The molecular weight excluding hydrogens is 373 g/mol. The Bertz CT molecular complexity index is 1060. The zero-order valence-corrected chi connectivity index (χ0v) is 15.9. The predicted molar refractivity (Wildman–Crippen MR) is 104 cm³/mol. The van der Waals surface area contributed by atoms with Crippen molar-refractivity contribution in [2.24, 2.45) is 0 Å². The average molecular weight is 390 g/mol. The molecule has 0 radical (unpaired) electrons. The quantitative estimate of drug-likeness (QED) is 0.734. The predicted octanol–water partition coefficient (Wildman–Crippen LogP) is 3.96. The fourth-order valence-electron chi connectivity index (χ4n) is 2.77. The van der Waals surface area contributed by atoms with E-state index in [1.807, 2.05) is 6.92 Å². The first-order valence-corrected chi connectivity index (χ1v) is 8.89. The van der Waals surface area contributed by atoms with Crippen LogP contribution in [0, 0.1) is 6.92 Å². The molecule has 2 aromatic carbocycles. The van der Waals surface area contributed by atoms with Crippen LogP contribution in [0.4, 0.5) is 0 Å². The fourth-order valence-corrected chi connectivity index (χ4v) is 3.25. The molecule has 3 rings (SSSR count). The van der Waals surface area contributed by atoms with E-state index in [-0.39, 0.29) is 18.0 Å². The van der Waals surface area contributed by atoms with E-state index in [1.165, 1.54) is 0 Å². The van der Waals surface area contributed by atoms with Gasteiger partial charge in [0.2, 0.25) is 0 Å². The smallest absolute Gasteiger partial charge is 0.272 e. The monoisotopic (exact) mass is 389 g/mol. The molecule has 1 aromatic heterocycles. The molecule has 0 bridgehead atoms. The minimum absolute atomic E-state index is 0.116. The Morgan fingerprint density at radius 3 is 2.65 bits per heavy atom. The molecule has 0 aliphatic rings. The number of halogens is 2. The van der Waals surface area contributed by atoms with Crippen molar-refractivity contribution in [3.8, 4) is 0 Å². The summed E-state index contributed by atoms with van der Waals surface area (Å²) in [6.07, 6.45) is 0. The van der Waals surface area contributed by atoms with Crippen LogP contribution in [0.25, 0.3) is 11.0 Å². The number of carbonyl (C=O) groups excluding carboxylic acids is 1. The number of aryl methyl sites for hydroxylation is 2. The van der Waals surface area contributed by atoms with Gasteiger partial charge in [-0.25, -0.2) is 4.98 Å². The van der Waals surface area contributed by atoms with E-state index in [0.29, 0.717) is 38.9 Å². The molecule has 0 saturated carbocycles. The summed E-state index contributed by atoms with van der Waals surface area (Å²) in [4.78, 5) is 28.9. The van der Waals surface area contributed by atoms with Crippen molar-refractivity contribution in [1.29, 1.82) is 0 Å². The van der Waals surface area contributed by atoms with Crippen molar-refractivity contribution in [2.75, 3.05) is 0 Å². The van der Waals surface area contributed by atoms with Crippen molar-refractivity contribution in [3.05, 3.63) is 73.6 Å². The summed E-state index contributed by atoms with van der Waals surface area (Å²) in [7, 11) is 0. The molecule has 0 aliphatic carbocycles. The number of aromatic nitrogens is 2. The second-order valence-corrected chi connectivity index (χ2v) is 6.71. The Morgan fingerprint density at radius 1 is 1.19 bits per heavy atom. The maximum absolute atomic E-state index is 12.5. The molecule has 1 N–H and O–H groups in total. The second-order valence-electron chi connectivity index (χ2n) is 5.87. The first-order valence-electron chi connectivity index (χ1n) is 8.14. The van der Waals surface area contributed by atoms with Crippen molar-refractivity contribution < 1.29 is 4.79 Å². The lowest BCUT2D eigenvalue weighted by atomic mass is 10.1. The van der Waals surface area contributed by atoms with Crippen molar-refractivity contribution in [1.82, 2.24) is 14.9 Å². The van der Waals surface area contributed by atoms with Crippen LogP contribution < -0.4 is 10.9 Å². The molecule has 1 amide bonds. The van der Waals surface area contributed by atoms with Crippen LogP contribution in [0.15, 0.2) is 41.2 Å². The molecule has 0 atom stereocenters. The minimum atomic E-state index is -0.244. The summed E-state index contributed by atoms with van der Waals surface area (Å²) >= 11 is 12.0. The third-order valence-corrected chi connectivity index (χ3v) is 4.73. The number of fused-ring (bicyclic) bond motifs is 1. The van der Waals surface area contributed by atoms with Crippen molar-refractivity contribution in [2.45, 2.75) is 26.9 Å². The number of nitrogens with zero attached hydrogens (tertiary/aromatic N) is 2. The molecule has 0 fully saturated rings. The highest BCUT2D eigenvalue weighted by Crippen LogP contribution is 2.21. The normalized spacial score (nSPS) is 10.9. The Balaban J connectivity index is 1.87. The third-order valence-electron chi connectivity index (χ3n) is 4.14. The molecule has 134 valence electrons. The van der Waals surface area contributed by atoms with E-state index in [0.717, 1.165) is 5.56 Å². The highest BCUT2D eigenvalue weighted by atomic mass is 35.5. The van der Waals surface area contributed by atoms with Crippen LogP contribution in [0.5, 0.6) is 0 Å². The molecular formula is C19H17Cl2N3O2. The van der Waals surface area contributed by atoms with Crippen molar-refractivity contribution >= 4 is 40.1 Å². The summed E-state index contributed by atoms with van der Waals surface area (Å²) in [6, 6.07) is 10.3. The van der Waals surface area contributed by atoms with Gasteiger partial charge in [-0.1, -0.05) is 29.3 Å². The summed E-state index contributed by atoms with van der Waals surface area (Å²) < 4.78 is 1.65. The van der Waals surface area contributed by atoms with Crippen LogP contribution in [0.1, 0.15) is 28.5 Å². The zero-order chi connectivity index (χ0) is 18.8. The maximum Gasteiger partial charge on any atom is 0.272 e. The third kappa shape index (κ3) is 3.59. The van der Waals surface area contributed by atoms with Crippen LogP contribution in [-0.4, -0.2) is 15.5 Å². The Labute approximate surface area is 160 Å². The van der Waals surface area contributed by atoms with E-state index < -0.39 is 0 Å². The zero-order valence-electron chi connectivity index (χ0n) is 14.3. The number of amides is 1. The molecule has 5 nitrogen and oxygen atoms in total. The summed E-state index contributed by atoms with van der Waals surface area (Å²) in [5.74, 6) is -0.244. The lowest BCUT2D eigenvalue weighted by Gasteiger charge is -2.11. The number of carbonyl (C=O) groups is 1. The van der Waals surface area contributed by atoms with E-state index in [9.17, 15) is 9.59 Å². The number of hydrogen-bond donors (Lipinski definition) is 1. The van der Waals surface area contributed by atoms with Crippen LogP contribution in [-0.2, 0) is 13.1 Å². The van der Waals surface area contributed by atoms with Crippen LogP contribution in [0.3, 0.4) is 0 Å². The highest BCUT2D eigenvalue weighted by molar-refractivity contribution is 6.35. The Morgan fingerprint density at radius 2 is 1.96 bits per heavy atom. The maximum atomic E-state index is 12.5. The van der Waals surface area contributed by atoms with Gasteiger partial charge in [0.25, 0.3) is 11.5 Å². The van der Waals surface area contributed by atoms with Gasteiger partial charge in [0.1, 0.15) is 5.69 Å². The number of rotatable bonds is 4. The summed E-state index contributed by atoms with van der Waals surface area (Å²) in [6.45, 7) is 4.40. The van der Waals surface area contributed by atoms with Crippen molar-refractivity contribution in [3.63, 3.8) is 0 Å². The van der Waals surface area contributed by atoms with E-state index >= 15 is 0 Å². The SMILES string of the molecule is CCn1c(=O)c(C)nc2cc(C(=O)NCc3ccc(Cl)cc3Cl)ccc21. The van der Waals surface area contributed by atoms with Gasteiger partial charge in [-0.2, -0.15) is 0 Å². The first kappa shape index (κ1) is 18.4. The average Bonchev–Trinajstić information content (AvgIpc) is 2.61. The largest absolute Gasteiger partial charge is 0.348 e. The van der Waals surface area contributed by atoms with Crippen LogP contribution in [0.2, 0.25) is 10.0 Å². The molecule has 26 heavy (non-hydrogen) atoms. The van der Waals surface area contributed by atoms with E-state index in [2.05, 4.69) is 10.3 Å². The Kier molecular flexibility index (Phi) is 5.30. The van der Waals surface area contributed by atoms with Crippen LogP contribution >= 0.6 is 23.2 Å². The van der Waals surface area contributed by atoms with E-state index in [1.54, 1.807) is 47.9 Å². The molecule has 0 spiro atoms. The summed E-state index contributed by atoms with van der Waals surface area (Å²) in [5.41, 5.74) is 2.86. The van der Waals surface area contributed by atoms with Gasteiger partial charge in [0, 0.05) is 28.7 Å². The van der Waals surface area contributed by atoms with Gasteiger partial charge < -0.3 is 9.88 Å². The van der Waals surface area contributed by atoms with Gasteiger partial charge in [-0.05, 0) is 49.7 Å². The Hall–Kier alpha value is -2.37. The highest BCUT2D eigenvalue weighted by Gasteiger charge is 2.12. The molecule has 0 saturated heterocycles. The topological polar surface area (TPSA) is 64.0 Å². The fraction of sp³-hybridized carbons (Fsp3) is 0.211. The number of nitrogens with one attached hydrogen (secondary N) is 1. The lowest BCUT2D eigenvalue weighted by Crippen LogP contribution is -2.25. The van der Waals surface area contributed by atoms with Gasteiger partial charge in [0.05, 0.1) is 11.0 Å². The number of hydrogen-bond acceptors (Lipinski definition) is 3. The molecule has 0 aliphatic heterocycles. The standard InChI is InChI=1S/C19H17Cl2N3O2/c1-3-24-17-7-5-12(8-16(17)23-11(2)19(24)26)18(25)22-10-13-4-6-14(20)9-15(13)21/h4-9H,3,10H2,1-2H3,(H,22,25). The lowest BCUT2D eigenvalue weighted by molar-refractivity contribution is 0.0951. The van der Waals surface area contributed by atoms with Gasteiger partial charge in [-0.3, -0.25) is 9.59 Å². The van der Waals surface area contributed by atoms with Gasteiger partial charge in [-0.15, -0.1) is 0 Å². The second kappa shape index (κ2) is 7.48. The first-order chi connectivity index (χ1) is 12.4. The summed E-state index contributed by atoms with van der Waals surface area (Å²) in [5, 5.41) is 3.88.